The van der Waals surface area contributed by atoms with Crippen molar-refractivity contribution in [3.8, 4) is 23.3 Å². The highest BCUT2D eigenvalue weighted by atomic mass is 16.6. The summed E-state index contributed by atoms with van der Waals surface area (Å²) in [6, 6.07) is 23.3. The van der Waals surface area contributed by atoms with Crippen molar-refractivity contribution in [1.82, 2.24) is 14.9 Å². The van der Waals surface area contributed by atoms with Crippen LogP contribution in [0.2, 0.25) is 0 Å². The van der Waals surface area contributed by atoms with Crippen LogP contribution in [-0.2, 0) is 11.3 Å². The highest BCUT2D eigenvalue weighted by Crippen LogP contribution is 2.35. The monoisotopic (exact) mass is 637 g/mol. The summed E-state index contributed by atoms with van der Waals surface area (Å²) in [6.45, 7) is 5.86. The second kappa shape index (κ2) is 16.2. The number of rotatable bonds is 8. The Kier molecular flexibility index (Phi) is 11.6. The van der Waals surface area contributed by atoms with E-state index < -0.39 is 0 Å². The Balaban J connectivity index is 0.000000197. The highest BCUT2D eigenvalue weighted by molar-refractivity contribution is 5.75. The van der Waals surface area contributed by atoms with E-state index in [4.69, 9.17) is 18.9 Å². The molecule has 47 heavy (non-hydrogen) atoms. The number of nitrogens with zero attached hydrogens (tertiary/aromatic N) is 3. The average Bonchev–Trinajstić information content (AvgIpc) is 3.11. The molecule has 0 bridgehead atoms. The number of pyridine rings is 2. The number of likely N-dealkylation sites (tertiary alicyclic amines) is 1. The molecule has 7 rings (SSSR count). The summed E-state index contributed by atoms with van der Waals surface area (Å²) in [6.07, 6.45) is 8.09. The number of hydrogen-bond acceptors (Lipinski definition) is 9. The lowest BCUT2D eigenvalue weighted by Crippen LogP contribution is -2.33. The van der Waals surface area contributed by atoms with Crippen LogP contribution in [0.4, 0.5) is 0 Å². The molecule has 9 heteroatoms. The van der Waals surface area contributed by atoms with Gasteiger partial charge in [0.05, 0.1) is 0 Å². The van der Waals surface area contributed by atoms with Gasteiger partial charge in [-0.2, -0.15) is 0 Å². The van der Waals surface area contributed by atoms with Crippen LogP contribution in [0.5, 0.6) is 23.3 Å². The van der Waals surface area contributed by atoms with Gasteiger partial charge in [-0.25, -0.2) is 9.97 Å². The summed E-state index contributed by atoms with van der Waals surface area (Å²) >= 11 is 0. The lowest BCUT2D eigenvalue weighted by atomic mass is 9.91. The summed E-state index contributed by atoms with van der Waals surface area (Å²) in [5.41, 5.74) is 4.05. The van der Waals surface area contributed by atoms with Gasteiger partial charge in [-0.15, -0.1) is 0 Å². The number of aromatic nitrogens is 2. The van der Waals surface area contributed by atoms with Gasteiger partial charge in [0.15, 0.2) is 23.7 Å². The van der Waals surface area contributed by atoms with Gasteiger partial charge in [-0.1, -0.05) is 56.0 Å². The first kappa shape index (κ1) is 33.6. The molecule has 4 aromatic rings. The molecular weight excluding hydrogens is 594 g/mol. The zero-order valence-electron chi connectivity index (χ0n) is 26.0. The van der Waals surface area contributed by atoms with Crippen LogP contribution >= 0.6 is 0 Å². The van der Waals surface area contributed by atoms with E-state index in [1.54, 1.807) is 37.5 Å². The number of piperidine rings is 1. The second-order valence-electron chi connectivity index (χ2n) is 11.9. The number of carbonyl (C=O) groups is 2. The third kappa shape index (κ3) is 8.95. The van der Waals surface area contributed by atoms with Crippen LogP contribution in [0.25, 0.3) is 0 Å². The molecule has 3 aliphatic heterocycles. The Morgan fingerprint density at radius 1 is 0.809 bits per heavy atom. The molecule has 0 saturated carbocycles. The second-order valence-corrected chi connectivity index (χ2v) is 11.9. The van der Waals surface area contributed by atoms with Crippen molar-refractivity contribution in [3.05, 3.63) is 107 Å². The molecule has 1 saturated heterocycles. The number of hydrogen-bond donors (Lipinski definition) is 0. The largest absolute Gasteiger partial charge is 0.484 e. The van der Waals surface area contributed by atoms with Crippen LogP contribution in [-0.4, -0.2) is 53.2 Å². The van der Waals surface area contributed by atoms with Crippen LogP contribution in [0.3, 0.4) is 0 Å². The summed E-state index contributed by atoms with van der Waals surface area (Å²) in [5, 5.41) is 0. The molecule has 0 spiro atoms. The predicted molar refractivity (Wildman–Crippen MR) is 179 cm³/mol. The van der Waals surface area contributed by atoms with E-state index in [1.165, 1.54) is 18.4 Å². The van der Waals surface area contributed by atoms with E-state index in [9.17, 15) is 9.59 Å². The van der Waals surface area contributed by atoms with Crippen molar-refractivity contribution in [2.24, 2.45) is 5.92 Å². The fourth-order valence-electron chi connectivity index (χ4n) is 5.87. The van der Waals surface area contributed by atoms with Crippen molar-refractivity contribution in [3.63, 3.8) is 0 Å². The molecule has 0 N–H and O–H groups in total. The maximum absolute atomic E-state index is 11.2. The first-order valence-corrected chi connectivity index (χ1v) is 15.9. The minimum atomic E-state index is -0.187. The Bertz CT molecular complexity index is 1600. The van der Waals surface area contributed by atoms with E-state index in [0.29, 0.717) is 53.7 Å². The molecule has 2 aromatic carbocycles. The van der Waals surface area contributed by atoms with Gasteiger partial charge in [0, 0.05) is 30.9 Å². The van der Waals surface area contributed by atoms with Crippen molar-refractivity contribution >= 4 is 12.1 Å². The quantitative estimate of drug-likeness (QED) is 0.185. The standard InChI is InChI=1S/C23H28N2O3.C14H11NO3.CH4/c1-17(26)4-5-18-10-13-25(14-11-18)15-19-6-8-20(9-7-19)22-16-27-21-3-2-12-24-23(21)28-22;16-8-10-3-5-11(6-4-10)13-9-17-12-2-1-7-15-14(12)18-13;/h2-3,6-9,12,18,22H,4-5,10-11,13-16H2,1H3;1-8,13H,9H2;1H4/t22-;13-;/m11./s1. The molecule has 2 atom stereocenters. The van der Waals surface area contributed by atoms with Gasteiger partial charge in [-0.3, -0.25) is 9.69 Å². The molecule has 0 radical (unpaired) electrons. The maximum Gasteiger partial charge on any atom is 0.257 e. The van der Waals surface area contributed by atoms with Gasteiger partial charge in [-0.05, 0) is 86.1 Å². The van der Waals surface area contributed by atoms with Gasteiger partial charge >= 0.3 is 0 Å². The van der Waals surface area contributed by atoms with Gasteiger partial charge < -0.3 is 23.7 Å². The van der Waals surface area contributed by atoms with Crippen molar-refractivity contribution in [2.75, 3.05) is 26.3 Å². The van der Waals surface area contributed by atoms with E-state index in [-0.39, 0.29) is 19.6 Å². The fourth-order valence-corrected chi connectivity index (χ4v) is 5.87. The van der Waals surface area contributed by atoms with Crippen LogP contribution in [0, 0.1) is 5.92 Å². The van der Waals surface area contributed by atoms with Crippen LogP contribution in [0.1, 0.15) is 79.3 Å². The summed E-state index contributed by atoms with van der Waals surface area (Å²) in [4.78, 5) is 32.6. The molecule has 0 unspecified atom stereocenters. The predicted octanol–water partition coefficient (Wildman–Crippen LogP) is 7.22. The lowest BCUT2D eigenvalue weighted by molar-refractivity contribution is -0.117. The van der Waals surface area contributed by atoms with E-state index in [2.05, 4.69) is 39.1 Å². The van der Waals surface area contributed by atoms with Crippen LogP contribution in [0.15, 0.2) is 85.2 Å². The first-order chi connectivity index (χ1) is 22.5. The van der Waals surface area contributed by atoms with Crippen molar-refractivity contribution in [2.45, 2.75) is 58.8 Å². The molecule has 1 fully saturated rings. The third-order valence-electron chi connectivity index (χ3n) is 8.57. The smallest absolute Gasteiger partial charge is 0.257 e. The van der Waals surface area contributed by atoms with Gasteiger partial charge in [0.2, 0.25) is 0 Å². The van der Waals surface area contributed by atoms with E-state index in [0.717, 1.165) is 49.9 Å². The molecule has 246 valence electrons. The van der Waals surface area contributed by atoms with Gasteiger partial charge in [0.25, 0.3) is 11.8 Å². The number of fused-ring (bicyclic) bond motifs is 2. The van der Waals surface area contributed by atoms with E-state index in [1.807, 2.05) is 30.3 Å². The molecule has 9 nitrogen and oxygen atoms in total. The lowest BCUT2D eigenvalue weighted by Gasteiger charge is -2.32. The minimum absolute atomic E-state index is 0. The number of ether oxygens (including phenoxy) is 4. The Morgan fingerprint density at radius 3 is 1.85 bits per heavy atom. The topological polar surface area (TPSA) is 100 Å². The molecule has 0 aliphatic carbocycles. The Labute approximate surface area is 276 Å². The Hall–Kier alpha value is -4.76. The summed E-state index contributed by atoms with van der Waals surface area (Å²) < 4.78 is 23.1. The normalized spacial score (nSPS) is 18.6. The number of aldehydes is 1. The number of Topliss-reactive ketones (excluding diaryl/α,β-unsaturated/α-hetero) is 1. The minimum Gasteiger partial charge on any atom is -0.484 e. The molecule has 2 aromatic heterocycles. The maximum atomic E-state index is 11.2. The first-order valence-electron chi connectivity index (χ1n) is 15.9. The van der Waals surface area contributed by atoms with Crippen molar-refractivity contribution in [1.29, 1.82) is 0 Å². The molecule has 3 aliphatic rings. The Morgan fingerprint density at radius 2 is 1.34 bits per heavy atom. The zero-order chi connectivity index (χ0) is 31.7. The molecule has 5 heterocycles. The SMILES string of the molecule is C.CC(=O)CCC1CCN(Cc2ccc([C@H]3COc4cccnc4O3)cc2)CC1.O=Cc1ccc([C@H]2COc3cccnc3O2)cc1. The zero-order valence-corrected chi connectivity index (χ0v) is 26.0. The molecule has 0 amide bonds. The average molecular weight is 638 g/mol. The number of carbonyl (C=O) groups excluding carboxylic acids is 2. The fraction of sp³-hybridized carbons (Fsp3) is 0.368. The summed E-state index contributed by atoms with van der Waals surface area (Å²) in [5.74, 6) is 3.47. The van der Waals surface area contributed by atoms with Crippen LogP contribution < -0.4 is 18.9 Å². The number of ketones is 1. The van der Waals surface area contributed by atoms with Crippen molar-refractivity contribution < 1.29 is 28.5 Å². The highest BCUT2D eigenvalue weighted by Gasteiger charge is 2.25. The summed E-state index contributed by atoms with van der Waals surface area (Å²) in [7, 11) is 0. The molecular formula is C38H43N3O6. The number of benzene rings is 2. The third-order valence-corrected chi connectivity index (χ3v) is 8.57. The van der Waals surface area contributed by atoms with Gasteiger partial charge in [0.1, 0.15) is 25.3 Å². The van der Waals surface area contributed by atoms with E-state index >= 15 is 0 Å².